The largest absolute Gasteiger partial charge is 0.344 e. The summed E-state index contributed by atoms with van der Waals surface area (Å²) in [6, 6.07) is 6.32. The molecule has 126 valence electrons. The van der Waals surface area contributed by atoms with Crippen LogP contribution in [-0.4, -0.2) is 5.91 Å². The predicted octanol–water partition coefficient (Wildman–Crippen LogP) is 5.24. The minimum atomic E-state index is -0.463. The van der Waals surface area contributed by atoms with E-state index >= 15 is 0 Å². The lowest BCUT2D eigenvalue weighted by molar-refractivity contribution is -0.118. The Bertz CT molecular complexity index is 740. The molecule has 2 aliphatic heterocycles. The summed E-state index contributed by atoms with van der Waals surface area (Å²) < 4.78 is 0. The highest BCUT2D eigenvalue weighted by atomic mass is 16.1. The van der Waals surface area contributed by atoms with Crippen LogP contribution in [0.15, 0.2) is 55.2 Å². The van der Waals surface area contributed by atoms with Crippen LogP contribution in [0.5, 0.6) is 0 Å². The van der Waals surface area contributed by atoms with Gasteiger partial charge in [0.05, 0.1) is 5.54 Å². The Morgan fingerprint density at radius 2 is 1.92 bits per heavy atom. The second kappa shape index (κ2) is 6.64. The highest BCUT2D eigenvalue weighted by Gasteiger charge is 2.24. The average Bonchev–Trinajstić information content (AvgIpc) is 2.50. The number of carbonyl (C=O) groups is 1. The zero-order valence-electron chi connectivity index (χ0n) is 15.3. The molecule has 0 unspecified atom stereocenters. The van der Waals surface area contributed by atoms with E-state index in [-0.39, 0.29) is 11.3 Å². The lowest BCUT2D eigenvalue weighted by Crippen LogP contribution is -2.40. The van der Waals surface area contributed by atoms with Crippen LogP contribution in [0, 0.1) is 5.41 Å². The van der Waals surface area contributed by atoms with Gasteiger partial charge < -0.3 is 5.32 Å². The first-order valence-corrected chi connectivity index (χ1v) is 8.29. The van der Waals surface area contributed by atoms with E-state index in [0.717, 1.165) is 22.3 Å². The van der Waals surface area contributed by atoms with Gasteiger partial charge in [0.25, 0.3) is 0 Å². The van der Waals surface area contributed by atoms with Gasteiger partial charge in [0.1, 0.15) is 0 Å². The molecule has 0 atom stereocenters. The van der Waals surface area contributed by atoms with Gasteiger partial charge in [0, 0.05) is 6.08 Å². The van der Waals surface area contributed by atoms with Gasteiger partial charge in [-0.1, -0.05) is 69.9 Å². The smallest absolute Gasteiger partial charge is 0.244 e. The van der Waals surface area contributed by atoms with E-state index in [1.807, 2.05) is 26.0 Å². The Labute approximate surface area is 145 Å². The molecule has 2 aliphatic rings. The van der Waals surface area contributed by atoms with Gasteiger partial charge in [-0.2, -0.15) is 0 Å². The van der Waals surface area contributed by atoms with Gasteiger partial charge in [-0.15, -0.1) is 0 Å². The lowest BCUT2D eigenvalue weighted by Gasteiger charge is -2.28. The van der Waals surface area contributed by atoms with E-state index in [2.05, 4.69) is 63.0 Å². The van der Waals surface area contributed by atoms with Gasteiger partial charge in [-0.3, -0.25) is 4.79 Å². The van der Waals surface area contributed by atoms with E-state index in [1.165, 1.54) is 0 Å². The fourth-order valence-electron chi connectivity index (χ4n) is 2.72. The Hall–Kier alpha value is -2.35. The Morgan fingerprint density at radius 3 is 2.54 bits per heavy atom. The molecule has 1 aromatic carbocycles. The average molecular weight is 321 g/mol. The number of rotatable bonds is 2. The molecule has 3 rings (SSSR count). The zero-order valence-corrected chi connectivity index (χ0v) is 15.3. The summed E-state index contributed by atoms with van der Waals surface area (Å²) in [4.78, 5) is 12.2. The molecule has 0 aliphatic carbocycles. The van der Waals surface area contributed by atoms with Crippen molar-refractivity contribution in [3.63, 3.8) is 0 Å². The van der Waals surface area contributed by atoms with Gasteiger partial charge in [0.15, 0.2) is 0 Å². The van der Waals surface area contributed by atoms with Crippen molar-refractivity contribution in [1.29, 1.82) is 0 Å². The molecule has 0 spiro atoms. The van der Waals surface area contributed by atoms with Crippen molar-refractivity contribution in [2.75, 3.05) is 0 Å². The molecule has 2 heterocycles. The van der Waals surface area contributed by atoms with Crippen molar-refractivity contribution in [1.82, 2.24) is 5.32 Å². The molecule has 0 aromatic heterocycles. The third-order valence-electron chi connectivity index (χ3n) is 4.00. The third kappa shape index (κ3) is 4.35. The van der Waals surface area contributed by atoms with Gasteiger partial charge in [-0.25, -0.2) is 0 Å². The molecule has 1 N–H and O–H groups in total. The Morgan fingerprint density at radius 1 is 1.21 bits per heavy atom. The monoisotopic (exact) mass is 321 g/mol. The number of carbonyl (C=O) groups excluding carboxylic acids is 1. The maximum atomic E-state index is 12.2. The van der Waals surface area contributed by atoms with Crippen molar-refractivity contribution in [3.8, 4) is 0 Å². The summed E-state index contributed by atoms with van der Waals surface area (Å²) in [5, 5.41) is 3.06. The van der Waals surface area contributed by atoms with E-state index in [0.29, 0.717) is 0 Å². The van der Waals surface area contributed by atoms with Crippen LogP contribution in [0.1, 0.15) is 51.3 Å². The minimum Gasteiger partial charge on any atom is -0.344 e. The predicted molar refractivity (Wildman–Crippen MR) is 103 cm³/mol. The van der Waals surface area contributed by atoms with E-state index in [4.69, 9.17) is 0 Å². The number of hydrogen-bond acceptors (Lipinski definition) is 1. The number of nitrogens with one attached hydrogen (secondary N) is 1. The molecule has 24 heavy (non-hydrogen) atoms. The third-order valence-corrected chi connectivity index (χ3v) is 4.00. The highest BCUT2D eigenvalue weighted by molar-refractivity contribution is 5.89. The first-order valence-electron chi connectivity index (χ1n) is 8.29. The molecule has 0 radical (unpaired) electrons. The first-order chi connectivity index (χ1) is 11.1. The molecule has 0 saturated carbocycles. The highest BCUT2D eigenvalue weighted by Crippen LogP contribution is 2.30. The van der Waals surface area contributed by atoms with Crippen LogP contribution >= 0.6 is 0 Å². The van der Waals surface area contributed by atoms with Gasteiger partial charge in [0.2, 0.25) is 5.91 Å². The number of benzene rings is 1. The topological polar surface area (TPSA) is 29.1 Å². The molecule has 1 aromatic rings. The molecule has 2 bridgehead atoms. The van der Waals surface area contributed by atoms with Crippen molar-refractivity contribution in [2.45, 2.75) is 40.2 Å². The first kappa shape index (κ1) is 18.0. The Balaban J connectivity index is 2.64. The minimum absolute atomic E-state index is 0.0946. The van der Waals surface area contributed by atoms with Crippen molar-refractivity contribution < 1.29 is 4.79 Å². The molecular formula is C22H27NO. The number of amides is 1. The standard InChI is InChI=1S/C22H27NO/c1-7-16-15-18-11-12-19(16)22(5,6)23-20(24)10-8-9-17(18)13-14-21(2,3)4/h7-15H,1H2,2-6H3,(H,23,24)/b10-8+,14-13+,17-9-. The molecule has 2 heteroatoms. The van der Waals surface area contributed by atoms with Crippen LogP contribution in [0.4, 0.5) is 0 Å². The SMILES string of the molecule is C=Cc1cc2ccc1C(C)(C)NC(=O)/C=C/C=C2/C=C/C(C)(C)C. The zero-order chi connectivity index (χ0) is 18.0. The van der Waals surface area contributed by atoms with E-state index in [1.54, 1.807) is 12.2 Å². The molecular weight excluding hydrogens is 294 g/mol. The van der Waals surface area contributed by atoms with Crippen LogP contribution in [0.25, 0.3) is 11.6 Å². The fraction of sp³-hybridized carbons (Fsp3) is 0.318. The summed E-state index contributed by atoms with van der Waals surface area (Å²) in [6.07, 6.45) is 11.5. The Kier molecular flexibility index (Phi) is 4.98. The van der Waals surface area contributed by atoms with Crippen molar-refractivity contribution in [2.24, 2.45) is 5.41 Å². The maximum Gasteiger partial charge on any atom is 0.244 e. The van der Waals surface area contributed by atoms with Crippen molar-refractivity contribution in [3.05, 3.63) is 71.8 Å². The number of allylic oxidation sites excluding steroid dienone is 5. The summed E-state index contributed by atoms with van der Waals surface area (Å²) in [5.74, 6) is -0.102. The fourth-order valence-corrected chi connectivity index (χ4v) is 2.72. The van der Waals surface area contributed by atoms with Crippen LogP contribution in [-0.2, 0) is 10.3 Å². The molecule has 0 saturated heterocycles. The maximum absolute atomic E-state index is 12.2. The van der Waals surface area contributed by atoms with Crippen molar-refractivity contribution >= 4 is 17.6 Å². The van der Waals surface area contributed by atoms with Gasteiger partial charge in [-0.05, 0) is 47.6 Å². The van der Waals surface area contributed by atoms with E-state index in [9.17, 15) is 4.79 Å². The van der Waals surface area contributed by atoms with Gasteiger partial charge >= 0.3 is 0 Å². The van der Waals surface area contributed by atoms with Crippen LogP contribution < -0.4 is 5.32 Å². The quantitative estimate of drug-likeness (QED) is 0.793. The number of fused-ring (bicyclic) bond motifs is 6. The normalized spacial score (nSPS) is 20.9. The number of hydrogen-bond donors (Lipinski definition) is 1. The summed E-state index contributed by atoms with van der Waals surface area (Å²) in [6.45, 7) is 14.5. The molecule has 2 nitrogen and oxygen atoms in total. The lowest BCUT2D eigenvalue weighted by atomic mass is 9.87. The summed E-state index contributed by atoms with van der Waals surface area (Å²) in [5.41, 5.74) is 3.91. The van der Waals surface area contributed by atoms with Crippen LogP contribution in [0.2, 0.25) is 0 Å². The second-order valence-corrected chi connectivity index (χ2v) is 7.80. The summed E-state index contributed by atoms with van der Waals surface area (Å²) in [7, 11) is 0. The van der Waals surface area contributed by atoms with Crippen LogP contribution in [0.3, 0.4) is 0 Å². The summed E-state index contributed by atoms with van der Waals surface area (Å²) >= 11 is 0. The van der Waals surface area contributed by atoms with E-state index < -0.39 is 5.54 Å². The molecule has 1 amide bonds. The second-order valence-electron chi connectivity index (χ2n) is 7.80. The molecule has 0 fully saturated rings.